The third-order valence-corrected chi connectivity index (χ3v) is 4.15. The first kappa shape index (κ1) is 20.4. The first-order valence-corrected chi connectivity index (χ1v) is 11.0. The number of hydrogen-bond donors (Lipinski definition) is 1. The summed E-state index contributed by atoms with van der Waals surface area (Å²) in [5.74, 6) is 5.16. The summed E-state index contributed by atoms with van der Waals surface area (Å²) in [4.78, 5) is 24.0. The summed E-state index contributed by atoms with van der Waals surface area (Å²) in [6.45, 7) is 5.57. The Hall–Kier alpha value is -2.87. The van der Waals surface area contributed by atoms with Crippen LogP contribution >= 0.6 is 0 Å². The highest BCUT2D eigenvalue weighted by Gasteiger charge is 2.35. The fourth-order valence-corrected chi connectivity index (χ4v) is 2.57. The third kappa shape index (κ3) is 4.28. The molecule has 5 nitrogen and oxygen atoms in total. The number of aromatic nitrogens is 2. The summed E-state index contributed by atoms with van der Waals surface area (Å²) in [5, 5.41) is 0. The minimum Gasteiger partial charge on any atom is -0.335 e. The average Bonchev–Trinajstić information content (AvgIpc) is 2.48. The molecule has 0 saturated carbocycles. The van der Waals surface area contributed by atoms with Crippen molar-refractivity contribution in [2.45, 2.75) is 25.8 Å². The highest BCUT2D eigenvalue weighted by Crippen LogP contribution is 2.26. The highest BCUT2D eigenvalue weighted by atomic mass is 28.3. The Bertz CT molecular complexity index is 1060. The van der Waals surface area contributed by atoms with Gasteiger partial charge in [0.05, 0.1) is 11.3 Å². The molecule has 0 aliphatic carbocycles. The molecule has 0 unspecified atom stereocenters. The maximum Gasteiger partial charge on any atom is 0.433 e. The second kappa shape index (κ2) is 6.69. The fourth-order valence-electron chi connectivity index (χ4n) is 2.07. The van der Waals surface area contributed by atoms with E-state index >= 15 is 0 Å². The van der Waals surface area contributed by atoms with Crippen LogP contribution in [0.1, 0.15) is 11.3 Å². The number of benzene rings is 1. The quantitative estimate of drug-likeness (QED) is 0.344. The van der Waals surface area contributed by atoms with E-state index in [2.05, 4.69) is 11.5 Å². The van der Waals surface area contributed by atoms with Gasteiger partial charge < -0.3 is 5.84 Å². The fraction of sp³-hybridized carbons (Fsp3) is 0.250. The van der Waals surface area contributed by atoms with Gasteiger partial charge in [0.15, 0.2) is 5.69 Å². The lowest BCUT2D eigenvalue weighted by Gasteiger charge is -2.14. The van der Waals surface area contributed by atoms with E-state index in [0.29, 0.717) is 12.1 Å². The molecule has 0 aliphatic rings. The third-order valence-electron chi connectivity index (χ3n) is 3.28. The van der Waals surface area contributed by atoms with Crippen molar-refractivity contribution in [1.29, 1.82) is 0 Å². The molecule has 0 bridgehead atoms. The standard InChI is InChI=1S/C16H14F5N3O2Si/c1-27(2,3)5-4-10-11(17)6-9(7-12(10)18)23-14(25)8-13(16(19,20)21)24(22)15(23)26/h6-8H,22H2,1-3H3. The van der Waals surface area contributed by atoms with Gasteiger partial charge in [-0.1, -0.05) is 25.6 Å². The zero-order valence-corrected chi connectivity index (χ0v) is 15.4. The van der Waals surface area contributed by atoms with Gasteiger partial charge in [0.1, 0.15) is 19.7 Å². The monoisotopic (exact) mass is 403 g/mol. The Morgan fingerprint density at radius 3 is 2.00 bits per heavy atom. The van der Waals surface area contributed by atoms with E-state index in [1.165, 1.54) is 0 Å². The predicted octanol–water partition coefficient (Wildman–Crippen LogP) is 2.24. The van der Waals surface area contributed by atoms with E-state index in [1.807, 2.05) is 19.6 Å². The van der Waals surface area contributed by atoms with E-state index in [0.717, 1.165) is 0 Å². The van der Waals surface area contributed by atoms with Gasteiger partial charge in [-0.2, -0.15) is 13.2 Å². The Labute approximate surface area is 150 Å². The molecule has 0 aliphatic heterocycles. The lowest BCUT2D eigenvalue weighted by atomic mass is 10.2. The van der Waals surface area contributed by atoms with Gasteiger partial charge >= 0.3 is 11.9 Å². The Morgan fingerprint density at radius 1 is 1.04 bits per heavy atom. The normalized spacial score (nSPS) is 11.9. The highest BCUT2D eigenvalue weighted by molar-refractivity contribution is 6.83. The molecule has 0 amide bonds. The molecule has 2 N–H and O–H groups in total. The van der Waals surface area contributed by atoms with E-state index in [9.17, 15) is 31.5 Å². The van der Waals surface area contributed by atoms with Crippen LogP contribution in [0.15, 0.2) is 27.8 Å². The molecule has 0 fully saturated rings. The number of alkyl halides is 3. The number of nitrogen functional groups attached to an aromatic ring is 1. The zero-order chi connectivity index (χ0) is 20.7. The van der Waals surface area contributed by atoms with Gasteiger partial charge in [-0.05, 0) is 12.1 Å². The van der Waals surface area contributed by atoms with Gasteiger partial charge in [-0.3, -0.25) is 4.79 Å². The van der Waals surface area contributed by atoms with Crippen LogP contribution in [0, 0.1) is 23.1 Å². The van der Waals surface area contributed by atoms with Crippen molar-refractivity contribution >= 4 is 8.07 Å². The van der Waals surface area contributed by atoms with Crippen molar-refractivity contribution in [1.82, 2.24) is 9.24 Å². The molecule has 0 saturated heterocycles. The SMILES string of the molecule is C[Si](C)(C)C#Cc1c(F)cc(-n2c(=O)cc(C(F)(F)F)n(N)c2=O)cc1F. The smallest absolute Gasteiger partial charge is 0.335 e. The molecule has 1 heterocycles. The Morgan fingerprint density at radius 2 is 1.56 bits per heavy atom. The van der Waals surface area contributed by atoms with Gasteiger partial charge in [0, 0.05) is 6.07 Å². The van der Waals surface area contributed by atoms with Crippen LogP contribution in [0.4, 0.5) is 22.0 Å². The molecule has 144 valence electrons. The van der Waals surface area contributed by atoms with Crippen LogP contribution in [-0.4, -0.2) is 17.3 Å². The summed E-state index contributed by atoms with van der Waals surface area (Å²) >= 11 is 0. The molecule has 2 aromatic rings. The number of halogens is 5. The topological polar surface area (TPSA) is 70.0 Å². The molecular weight excluding hydrogens is 389 g/mol. The van der Waals surface area contributed by atoms with Gasteiger partial charge in [-0.25, -0.2) is 22.8 Å². The summed E-state index contributed by atoms with van der Waals surface area (Å²) in [7, 11) is -1.94. The lowest BCUT2D eigenvalue weighted by Crippen LogP contribution is -2.45. The van der Waals surface area contributed by atoms with Crippen LogP contribution < -0.4 is 17.1 Å². The van der Waals surface area contributed by atoms with Crippen molar-refractivity contribution in [3.8, 4) is 17.2 Å². The summed E-state index contributed by atoms with van der Waals surface area (Å²) in [6.07, 6.45) is -5.06. The van der Waals surface area contributed by atoms with E-state index < -0.39 is 54.1 Å². The van der Waals surface area contributed by atoms with Crippen LogP contribution in [0.3, 0.4) is 0 Å². The van der Waals surface area contributed by atoms with Crippen molar-refractivity contribution in [2.75, 3.05) is 5.84 Å². The molecule has 2 rings (SSSR count). The minimum absolute atomic E-state index is 0.0656. The number of nitrogens with two attached hydrogens (primary N) is 1. The minimum atomic E-state index is -5.06. The maximum atomic E-state index is 14.2. The van der Waals surface area contributed by atoms with Crippen molar-refractivity contribution in [3.05, 3.63) is 61.9 Å². The number of hydrogen-bond acceptors (Lipinski definition) is 3. The maximum absolute atomic E-state index is 14.2. The van der Waals surface area contributed by atoms with E-state index in [-0.39, 0.29) is 15.3 Å². The van der Waals surface area contributed by atoms with Crippen LogP contribution in [0.2, 0.25) is 19.6 Å². The molecule has 0 spiro atoms. The molecule has 0 radical (unpaired) electrons. The van der Waals surface area contributed by atoms with Crippen LogP contribution in [-0.2, 0) is 6.18 Å². The van der Waals surface area contributed by atoms with Crippen LogP contribution in [0.5, 0.6) is 0 Å². The van der Waals surface area contributed by atoms with Crippen LogP contribution in [0.25, 0.3) is 5.69 Å². The molecule has 0 atom stereocenters. The molecular formula is C16H14F5N3O2Si. The van der Waals surface area contributed by atoms with Crippen molar-refractivity contribution in [3.63, 3.8) is 0 Å². The first-order valence-electron chi connectivity index (χ1n) is 7.46. The van der Waals surface area contributed by atoms with Crippen molar-refractivity contribution in [2.24, 2.45) is 0 Å². The summed E-state index contributed by atoms with van der Waals surface area (Å²) in [5.41, 5.74) is -3.13. The molecule has 1 aromatic carbocycles. The van der Waals surface area contributed by atoms with E-state index in [1.54, 1.807) is 0 Å². The predicted molar refractivity (Wildman–Crippen MR) is 91.6 cm³/mol. The average molecular weight is 403 g/mol. The summed E-state index contributed by atoms with van der Waals surface area (Å²) < 4.78 is 66.7. The second-order valence-electron chi connectivity index (χ2n) is 6.64. The van der Waals surface area contributed by atoms with Gasteiger partial charge in [0.2, 0.25) is 0 Å². The number of rotatable bonds is 1. The zero-order valence-electron chi connectivity index (χ0n) is 14.4. The second-order valence-corrected chi connectivity index (χ2v) is 11.4. The molecule has 1 aromatic heterocycles. The van der Waals surface area contributed by atoms with Gasteiger partial charge in [0.25, 0.3) is 5.56 Å². The van der Waals surface area contributed by atoms with E-state index in [4.69, 9.17) is 5.84 Å². The lowest BCUT2D eigenvalue weighted by molar-refractivity contribution is -0.143. The Kier molecular flexibility index (Phi) is 5.07. The molecule has 27 heavy (non-hydrogen) atoms. The van der Waals surface area contributed by atoms with Crippen molar-refractivity contribution < 1.29 is 22.0 Å². The Balaban J connectivity index is 2.71. The first-order chi connectivity index (χ1) is 12.2. The summed E-state index contributed by atoms with van der Waals surface area (Å²) in [6, 6.07) is 1.33. The molecule has 11 heteroatoms. The largest absolute Gasteiger partial charge is 0.433 e. The number of nitrogens with zero attached hydrogens (tertiary/aromatic N) is 2. The van der Waals surface area contributed by atoms with Gasteiger partial charge in [-0.15, -0.1) is 5.54 Å².